The molecular weight excluding hydrogens is 385 g/mol. The normalized spacial score (nSPS) is 10.7. The second-order valence-corrected chi connectivity index (χ2v) is 5.25. The van der Waals surface area contributed by atoms with Crippen LogP contribution >= 0.6 is 38.5 Å². The van der Waals surface area contributed by atoms with E-state index < -0.39 is 0 Å². The SMILES string of the molecule is COCCOCCCc1nc(Br)ccc1I. The van der Waals surface area contributed by atoms with Crippen LogP contribution in [0.25, 0.3) is 0 Å². The van der Waals surface area contributed by atoms with Crippen molar-refractivity contribution in [3.05, 3.63) is 26.0 Å². The summed E-state index contributed by atoms with van der Waals surface area (Å²) in [5.74, 6) is 0. The van der Waals surface area contributed by atoms with Crippen LogP contribution in [-0.2, 0) is 15.9 Å². The highest BCUT2D eigenvalue weighted by Gasteiger charge is 2.02. The zero-order valence-electron chi connectivity index (χ0n) is 9.21. The van der Waals surface area contributed by atoms with Gasteiger partial charge in [0.2, 0.25) is 0 Å². The van der Waals surface area contributed by atoms with Crippen molar-refractivity contribution in [2.45, 2.75) is 12.8 Å². The number of ether oxygens (including phenoxy) is 2. The first kappa shape index (κ1) is 14.3. The Bertz CT molecular complexity index is 323. The first-order valence-electron chi connectivity index (χ1n) is 5.11. The first-order chi connectivity index (χ1) is 7.74. The zero-order chi connectivity index (χ0) is 11.8. The topological polar surface area (TPSA) is 31.4 Å². The molecule has 0 aromatic carbocycles. The Balaban J connectivity index is 2.23. The summed E-state index contributed by atoms with van der Waals surface area (Å²) in [6, 6.07) is 4.03. The minimum absolute atomic E-state index is 0.659. The van der Waals surface area contributed by atoms with Crippen LogP contribution in [0, 0.1) is 3.57 Å². The minimum atomic E-state index is 0.659. The Hall–Kier alpha value is 0.280. The summed E-state index contributed by atoms with van der Waals surface area (Å²) in [6.07, 6.45) is 1.94. The molecular formula is C11H15BrINO2. The van der Waals surface area contributed by atoms with Crippen molar-refractivity contribution in [2.24, 2.45) is 0 Å². The number of aromatic nitrogens is 1. The molecule has 0 saturated carbocycles. The molecule has 0 amide bonds. The van der Waals surface area contributed by atoms with Crippen LogP contribution in [0.3, 0.4) is 0 Å². The van der Waals surface area contributed by atoms with Gasteiger partial charge in [-0.15, -0.1) is 0 Å². The molecule has 0 aliphatic rings. The third-order valence-corrected chi connectivity index (χ3v) is 3.44. The second-order valence-electron chi connectivity index (χ2n) is 3.27. The van der Waals surface area contributed by atoms with Crippen LogP contribution in [0.4, 0.5) is 0 Å². The quantitative estimate of drug-likeness (QED) is 0.401. The van der Waals surface area contributed by atoms with Gasteiger partial charge in [-0.3, -0.25) is 0 Å². The first-order valence-corrected chi connectivity index (χ1v) is 6.99. The van der Waals surface area contributed by atoms with E-state index in [2.05, 4.69) is 49.6 Å². The molecule has 0 radical (unpaired) electrons. The maximum absolute atomic E-state index is 5.40. The summed E-state index contributed by atoms with van der Waals surface area (Å²) in [6.45, 7) is 2.08. The van der Waals surface area contributed by atoms with Crippen LogP contribution in [-0.4, -0.2) is 31.9 Å². The van der Waals surface area contributed by atoms with Gasteiger partial charge in [0.25, 0.3) is 0 Å². The number of methoxy groups -OCH3 is 1. The van der Waals surface area contributed by atoms with E-state index in [1.165, 1.54) is 3.57 Å². The molecule has 0 atom stereocenters. The number of aryl methyl sites for hydroxylation is 1. The lowest BCUT2D eigenvalue weighted by molar-refractivity contribution is 0.0694. The number of hydrogen-bond donors (Lipinski definition) is 0. The monoisotopic (exact) mass is 399 g/mol. The lowest BCUT2D eigenvalue weighted by atomic mass is 10.2. The number of hydrogen-bond acceptors (Lipinski definition) is 3. The van der Waals surface area contributed by atoms with Crippen LogP contribution in [0.2, 0.25) is 0 Å². The summed E-state index contributed by atoms with van der Waals surface area (Å²) in [7, 11) is 1.68. The third kappa shape index (κ3) is 5.56. The number of halogens is 2. The van der Waals surface area contributed by atoms with Gasteiger partial charge < -0.3 is 9.47 Å². The van der Waals surface area contributed by atoms with Crippen molar-refractivity contribution in [3.8, 4) is 0 Å². The van der Waals surface area contributed by atoms with Crippen LogP contribution < -0.4 is 0 Å². The summed E-state index contributed by atoms with van der Waals surface area (Å²) in [5, 5.41) is 0. The molecule has 0 unspecified atom stereocenters. The average molecular weight is 400 g/mol. The number of pyridine rings is 1. The highest BCUT2D eigenvalue weighted by molar-refractivity contribution is 14.1. The molecule has 0 N–H and O–H groups in total. The Morgan fingerprint density at radius 3 is 2.88 bits per heavy atom. The molecule has 5 heteroatoms. The van der Waals surface area contributed by atoms with Crippen LogP contribution in [0.5, 0.6) is 0 Å². The molecule has 0 bridgehead atoms. The van der Waals surface area contributed by atoms with Gasteiger partial charge in [-0.1, -0.05) is 0 Å². The highest BCUT2D eigenvalue weighted by atomic mass is 127. The second kappa shape index (κ2) is 8.38. The predicted molar refractivity (Wildman–Crippen MR) is 75.7 cm³/mol. The number of rotatable bonds is 7. The Morgan fingerprint density at radius 1 is 1.31 bits per heavy atom. The van der Waals surface area contributed by atoms with Crippen LogP contribution in [0.1, 0.15) is 12.1 Å². The van der Waals surface area contributed by atoms with Gasteiger partial charge in [-0.05, 0) is 63.5 Å². The van der Waals surface area contributed by atoms with Crippen molar-refractivity contribution >= 4 is 38.5 Å². The van der Waals surface area contributed by atoms with E-state index in [-0.39, 0.29) is 0 Å². The fourth-order valence-electron chi connectivity index (χ4n) is 1.22. The van der Waals surface area contributed by atoms with Crippen molar-refractivity contribution in [1.82, 2.24) is 4.98 Å². The fourth-order valence-corrected chi connectivity index (χ4v) is 2.14. The smallest absolute Gasteiger partial charge is 0.106 e. The van der Waals surface area contributed by atoms with Gasteiger partial charge in [-0.2, -0.15) is 0 Å². The molecule has 0 saturated heterocycles. The van der Waals surface area contributed by atoms with E-state index in [0.29, 0.717) is 13.2 Å². The van der Waals surface area contributed by atoms with Gasteiger partial charge in [-0.25, -0.2) is 4.98 Å². The summed E-state index contributed by atoms with van der Waals surface area (Å²) in [4.78, 5) is 4.44. The Kier molecular flexibility index (Phi) is 7.51. The van der Waals surface area contributed by atoms with E-state index >= 15 is 0 Å². The largest absolute Gasteiger partial charge is 0.382 e. The molecule has 1 aromatic heterocycles. The third-order valence-electron chi connectivity index (χ3n) is 2.02. The lowest BCUT2D eigenvalue weighted by Gasteiger charge is -2.05. The van der Waals surface area contributed by atoms with Crippen molar-refractivity contribution in [3.63, 3.8) is 0 Å². The number of nitrogens with zero attached hydrogens (tertiary/aromatic N) is 1. The van der Waals surface area contributed by atoms with Crippen molar-refractivity contribution < 1.29 is 9.47 Å². The Labute approximate surface area is 118 Å². The van der Waals surface area contributed by atoms with Crippen LogP contribution in [0.15, 0.2) is 16.7 Å². The summed E-state index contributed by atoms with van der Waals surface area (Å²) < 4.78 is 12.4. The molecule has 0 aliphatic heterocycles. The average Bonchev–Trinajstić information content (AvgIpc) is 2.28. The highest BCUT2D eigenvalue weighted by Crippen LogP contribution is 2.15. The molecule has 1 aromatic rings. The van der Waals surface area contributed by atoms with Crippen molar-refractivity contribution in [1.29, 1.82) is 0 Å². The van der Waals surface area contributed by atoms with E-state index in [9.17, 15) is 0 Å². The molecule has 90 valence electrons. The van der Waals surface area contributed by atoms with Gasteiger partial charge in [0.05, 0.1) is 18.9 Å². The minimum Gasteiger partial charge on any atom is -0.382 e. The summed E-state index contributed by atoms with van der Waals surface area (Å²) >= 11 is 5.68. The van der Waals surface area contributed by atoms with Gasteiger partial charge in [0.15, 0.2) is 0 Å². The van der Waals surface area contributed by atoms with Crippen molar-refractivity contribution in [2.75, 3.05) is 26.9 Å². The van der Waals surface area contributed by atoms with Gasteiger partial charge in [0.1, 0.15) is 4.60 Å². The maximum atomic E-state index is 5.40. The van der Waals surface area contributed by atoms with Gasteiger partial charge in [0, 0.05) is 17.3 Å². The molecule has 1 heterocycles. The van der Waals surface area contributed by atoms with E-state index in [4.69, 9.17) is 9.47 Å². The molecule has 0 fully saturated rings. The predicted octanol–water partition coefficient (Wildman–Crippen LogP) is 3.04. The zero-order valence-corrected chi connectivity index (χ0v) is 13.0. The summed E-state index contributed by atoms with van der Waals surface area (Å²) in [5.41, 5.74) is 1.13. The van der Waals surface area contributed by atoms with E-state index in [1.54, 1.807) is 7.11 Å². The molecule has 0 aliphatic carbocycles. The molecule has 16 heavy (non-hydrogen) atoms. The lowest BCUT2D eigenvalue weighted by Crippen LogP contribution is -2.04. The van der Waals surface area contributed by atoms with E-state index in [1.807, 2.05) is 6.07 Å². The molecule has 3 nitrogen and oxygen atoms in total. The standard InChI is InChI=1S/C11H15BrINO2/c1-15-7-8-16-6-2-3-10-9(13)4-5-11(12)14-10/h4-5H,2-3,6-8H2,1H3. The maximum Gasteiger partial charge on any atom is 0.106 e. The van der Waals surface area contributed by atoms with E-state index in [0.717, 1.165) is 29.7 Å². The fraction of sp³-hybridized carbons (Fsp3) is 0.545. The molecule has 0 spiro atoms. The Morgan fingerprint density at radius 2 is 2.12 bits per heavy atom. The van der Waals surface area contributed by atoms with Gasteiger partial charge >= 0.3 is 0 Å². The molecule has 1 rings (SSSR count).